The van der Waals surface area contributed by atoms with E-state index in [-0.39, 0.29) is 5.43 Å². The van der Waals surface area contributed by atoms with Crippen molar-refractivity contribution in [2.75, 3.05) is 20.3 Å². The normalized spacial score (nSPS) is 11.4. The van der Waals surface area contributed by atoms with Crippen molar-refractivity contribution in [2.24, 2.45) is 0 Å². The Labute approximate surface area is 164 Å². The van der Waals surface area contributed by atoms with Gasteiger partial charge in [-0.2, -0.15) is 0 Å². The third-order valence-corrected chi connectivity index (χ3v) is 4.91. The van der Waals surface area contributed by atoms with Crippen LogP contribution in [0.4, 0.5) is 0 Å². The van der Waals surface area contributed by atoms with Gasteiger partial charge in [-0.05, 0) is 48.7 Å². The molecule has 0 bridgehead atoms. The number of halogens is 1. The minimum atomic E-state index is 0.0590. The van der Waals surface area contributed by atoms with Crippen LogP contribution in [0, 0.1) is 13.8 Å². The molecule has 1 aromatic heterocycles. The molecule has 3 aromatic rings. The maximum absolute atomic E-state index is 12.6. The van der Waals surface area contributed by atoms with Crippen molar-refractivity contribution >= 4 is 22.5 Å². The zero-order chi connectivity index (χ0) is 19.4. The van der Waals surface area contributed by atoms with Crippen LogP contribution in [0.25, 0.3) is 10.9 Å². The van der Waals surface area contributed by atoms with Crippen LogP contribution >= 0.6 is 11.6 Å². The van der Waals surface area contributed by atoms with Crippen LogP contribution in [-0.4, -0.2) is 30.1 Å². The zero-order valence-corrected chi connectivity index (χ0v) is 16.8. The lowest BCUT2D eigenvalue weighted by atomic mass is 10.1. The number of benzene rings is 2. The predicted octanol–water partition coefficient (Wildman–Crippen LogP) is 4.45. The molecule has 0 aliphatic heterocycles. The molecule has 0 unspecified atom stereocenters. The minimum absolute atomic E-state index is 0.0590. The number of rotatable bonds is 7. The first-order valence-corrected chi connectivity index (χ1v) is 9.43. The molecule has 27 heavy (non-hydrogen) atoms. The van der Waals surface area contributed by atoms with Gasteiger partial charge in [0, 0.05) is 48.9 Å². The van der Waals surface area contributed by atoms with Crippen LogP contribution < -0.4 is 5.43 Å². The quantitative estimate of drug-likeness (QED) is 0.654. The molecule has 3 rings (SSSR count). The molecule has 1 N–H and O–H groups in total. The number of fused-ring (bicyclic) bond motifs is 1. The summed E-state index contributed by atoms with van der Waals surface area (Å²) in [4.78, 5) is 18.3. The van der Waals surface area contributed by atoms with Crippen molar-refractivity contribution in [1.82, 2.24) is 9.88 Å². The maximum atomic E-state index is 12.6. The predicted molar refractivity (Wildman–Crippen MR) is 111 cm³/mol. The molecular formula is C22H25ClN2O2. The number of methoxy groups -OCH3 is 1. The summed E-state index contributed by atoms with van der Waals surface area (Å²) in [5, 5.41) is 1.48. The van der Waals surface area contributed by atoms with Gasteiger partial charge >= 0.3 is 0 Å². The van der Waals surface area contributed by atoms with Gasteiger partial charge in [0.15, 0.2) is 5.43 Å². The molecule has 1 heterocycles. The molecule has 4 nitrogen and oxygen atoms in total. The largest absolute Gasteiger partial charge is 0.383 e. The lowest BCUT2D eigenvalue weighted by Gasteiger charge is -2.22. The fourth-order valence-corrected chi connectivity index (χ4v) is 3.49. The summed E-state index contributed by atoms with van der Waals surface area (Å²) >= 11 is 5.99. The lowest BCUT2D eigenvalue weighted by Crippen LogP contribution is -2.27. The number of H-pyrrole nitrogens is 1. The van der Waals surface area contributed by atoms with Gasteiger partial charge < -0.3 is 9.72 Å². The highest BCUT2D eigenvalue weighted by Gasteiger charge is 2.11. The Bertz CT molecular complexity index is 980. The second-order valence-corrected chi connectivity index (χ2v) is 7.43. The summed E-state index contributed by atoms with van der Waals surface area (Å²) in [6.07, 6.45) is 0. The summed E-state index contributed by atoms with van der Waals surface area (Å²) in [7, 11) is 1.70. The zero-order valence-electron chi connectivity index (χ0n) is 16.0. The molecular weight excluding hydrogens is 360 g/mol. The molecule has 0 fully saturated rings. The summed E-state index contributed by atoms with van der Waals surface area (Å²) < 4.78 is 5.26. The number of hydrogen-bond acceptors (Lipinski definition) is 3. The van der Waals surface area contributed by atoms with Crippen LogP contribution in [-0.2, 0) is 17.8 Å². The van der Waals surface area contributed by atoms with Crippen molar-refractivity contribution in [3.8, 4) is 0 Å². The second kappa shape index (κ2) is 8.70. The minimum Gasteiger partial charge on any atom is -0.383 e. The Balaban J connectivity index is 1.88. The fourth-order valence-electron chi connectivity index (χ4n) is 3.37. The van der Waals surface area contributed by atoms with E-state index in [0.29, 0.717) is 13.2 Å². The number of hydrogen-bond donors (Lipinski definition) is 1. The molecule has 0 radical (unpaired) electrons. The SMILES string of the molecule is COCCN(Cc1ccc(Cl)cc1)Cc1cc(=O)c2cc(C)cc(C)c2[nH]1. The first-order chi connectivity index (χ1) is 13.0. The van der Waals surface area contributed by atoms with Crippen molar-refractivity contribution < 1.29 is 4.74 Å². The van der Waals surface area contributed by atoms with E-state index >= 15 is 0 Å². The maximum Gasteiger partial charge on any atom is 0.189 e. The van der Waals surface area contributed by atoms with E-state index in [1.807, 2.05) is 44.2 Å². The van der Waals surface area contributed by atoms with Crippen molar-refractivity contribution in [2.45, 2.75) is 26.9 Å². The molecule has 0 saturated heterocycles. The second-order valence-electron chi connectivity index (χ2n) is 6.99. The molecule has 0 amide bonds. The van der Waals surface area contributed by atoms with Gasteiger partial charge in [0.05, 0.1) is 12.1 Å². The number of pyridine rings is 1. The van der Waals surface area contributed by atoms with Gasteiger partial charge in [0.25, 0.3) is 0 Å². The molecule has 2 aromatic carbocycles. The van der Waals surface area contributed by atoms with Crippen LogP contribution in [0.1, 0.15) is 22.4 Å². The Morgan fingerprint density at radius 3 is 2.52 bits per heavy atom. The standard InChI is InChI=1S/C22H25ClN2O2/c1-15-10-16(2)22-20(11-15)21(26)12-19(24-22)14-25(8-9-27-3)13-17-4-6-18(23)7-5-17/h4-7,10-12H,8-9,13-14H2,1-3H3,(H,24,26). The van der Waals surface area contributed by atoms with E-state index in [1.54, 1.807) is 13.2 Å². The number of aromatic nitrogens is 1. The van der Waals surface area contributed by atoms with E-state index in [2.05, 4.69) is 16.0 Å². The van der Waals surface area contributed by atoms with E-state index in [9.17, 15) is 4.79 Å². The number of nitrogens with one attached hydrogen (secondary N) is 1. The highest BCUT2D eigenvalue weighted by Crippen LogP contribution is 2.18. The third kappa shape index (κ3) is 4.98. The number of ether oxygens (including phenoxy) is 1. The lowest BCUT2D eigenvalue weighted by molar-refractivity contribution is 0.139. The van der Waals surface area contributed by atoms with E-state index in [0.717, 1.165) is 45.8 Å². The summed E-state index contributed by atoms with van der Waals surface area (Å²) in [5.41, 5.74) is 5.24. The number of aromatic amines is 1. The monoisotopic (exact) mass is 384 g/mol. The average molecular weight is 385 g/mol. The topological polar surface area (TPSA) is 45.3 Å². The van der Waals surface area contributed by atoms with Gasteiger partial charge in [-0.3, -0.25) is 9.69 Å². The average Bonchev–Trinajstić information content (AvgIpc) is 2.62. The fraction of sp³-hybridized carbons (Fsp3) is 0.318. The van der Waals surface area contributed by atoms with E-state index < -0.39 is 0 Å². The van der Waals surface area contributed by atoms with E-state index in [4.69, 9.17) is 16.3 Å². The molecule has 5 heteroatoms. The van der Waals surface area contributed by atoms with Crippen molar-refractivity contribution in [3.05, 3.63) is 80.1 Å². The Kier molecular flexibility index (Phi) is 6.32. The van der Waals surface area contributed by atoms with Crippen molar-refractivity contribution in [3.63, 3.8) is 0 Å². The summed E-state index contributed by atoms with van der Waals surface area (Å²) in [6, 6.07) is 13.6. The van der Waals surface area contributed by atoms with Crippen molar-refractivity contribution in [1.29, 1.82) is 0 Å². The molecule has 142 valence electrons. The first kappa shape index (κ1) is 19.6. The number of aryl methyl sites for hydroxylation is 2. The Morgan fingerprint density at radius 2 is 1.81 bits per heavy atom. The van der Waals surface area contributed by atoms with E-state index in [1.165, 1.54) is 5.56 Å². The highest BCUT2D eigenvalue weighted by molar-refractivity contribution is 6.30. The van der Waals surface area contributed by atoms with Crippen LogP contribution in [0.2, 0.25) is 5.02 Å². The van der Waals surface area contributed by atoms with Gasteiger partial charge in [-0.25, -0.2) is 0 Å². The smallest absolute Gasteiger partial charge is 0.189 e. The Hall–Kier alpha value is -2.14. The highest BCUT2D eigenvalue weighted by atomic mass is 35.5. The van der Waals surface area contributed by atoms with Crippen LogP contribution in [0.15, 0.2) is 47.3 Å². The van der Waals surface area contributed by atoms with Gasteiger partial charge in [-0.1, -0.05) is 29.8 Å². The Morgan fingerprint density at radius 1 is 1.07 bits per heavy atom. The number of nitrogens with zero attached hydrogens (tertiary/aromatic N) is 1. The van der Waals surface area contributed by atoms with Gasteiger partial charge in [0.1, 0.15) is 0 Å². The molecule has 0 spiro atoms. The summed E-state index contributed by atoms with van der Waals surface area (Å²) in [5.74, 6) is 0. The molecule has 0 aliphatic carbocycles. The molecule has 0 aliphatic rings. The summed E-state index contributed by atoms with van der Waals surface area (Å²) in [6.45, 7) is 6.84. The van der Waals surface area contributed by atoms with Crippen LogP contribution in [0.5, 0.6) is 0 Å². The molecule has 0 saturated carbocycles. The first-order valence-electron chi connectivity index (χ1n) is 9.05. The van der Waals surface area contributed by atoms with Gasteiger partial charge in [0.2, 0.25) is 0 Å². The van der Waals surface area contributed by atoms with Gasteiger partial charge in [-0.15, -0.1) is 0 Å². The third-order valence-electron chi connectivity index (χ3n) is 4.66. The van der Waals surface area contributed by atoms with Crippen LogP contribution in [0.3, 0.4) is 0 Å². The molecule has 0 atom stereocenters.